The monoisotopic (exact) mass is 379 g/mol. The highest BCUT2D eigenvalue weighted by atomic mass is 16.5. The minimum Gasteiger partial charge on any atom is -0.497 e. The lowest BCUT2D eigenvalue weighted by Gasteiger charge is -2.38. The molecule has 2 aromatic carbocycles. The smallest absolute Gasteiger partial charge is 0.261 e. The first-order valence-electron chi connectivity index (χ1n) is 9.58. The number of aliphatic hydroxyl groups is 1. The Hall–Kier alpha value is -2.70. The Kier molecular flexibility index (Phi) is 5.15. The van der Waals surface area contributed by atoms with E-state index < -0.39 is 5.60 Å². The molecule has 2 heterocycles. The molecule has 0 bridgehead atoms. The first-order valence-corrected chi connectivity index (χ1v) is 9.58. The van der Waals surface area contributed by atoms with Gasteiger partial charge in [-0.25, -0.2) is 4.98 Å². The van der Waals surface area contributed by atoms with E-state index in [0.717, 1.165) is 25.4 Å². The lowest BCUT2D eigenvalue weighted by molar-refractivity contribution is -0.0364. The summed E-state index contributed by atoms with van der Waals surface area (Å²) in [6.07, 6.45) is 2.79. The van der Waals surface area contributed by atoms with E-state index in [2.05, 4.69) is 16.0 Å². The first-order chi connectivity index (χ1) is 13.6. The third-order valence-corrected chi connectivity index (χ3v) is 5.52. The summed E-state index contributed by atoms with van der Waals surface area (Å²) in [5.74, 6) is 0.856. The van der Waals surface area contributed by atoms with E-state index >= 15 is 0 Å². The fourth-order valence-electron chi connectivity index (χ4n) is 3.85. The summed E-state index contributed by atoms with van der Waals surface area (Å²) in [4.78, 5) is 19.4. The highest BCUT2D eigenvalue weighted by Crippen LogP contribution is 2.25. The van der Waals surface area contributed by atoms with Crippen LogP contribution in [0.25, 0.3) is 10.9 Å². The molecule has 0 radical (unpaired) electrons. The molecule has 1 saturated heterocycles. The Morgan fingerprint density at radius 2 is 1.93 bits per heavy atom. The molecule has 0 saturated carbocycles. The summed E-state index contributed by atoms with van der Waals surface area (Å²) in [7, 11) is 1.67. The van der Waals surface area contributed by atoms with Gasteiger partial charge in [-0.3, -0.25) is 14.3 Å². The molecule has 1 fully saturated rings. The van der Waals surface area contributed by atoms with Crippen LogP contribution in [-0.4, -0.2) is 45.4 Å². The predicted molar refractivity (Wildman–Crippen MR) is 108 cm³/mol. The highest BCUT2D eigenvalue weighted by Gasteiger charge is 2.33. The van der Waals surface area contributed by atoms with Crippen molar-refractivity contribution in [2.45, 2.75) is 31.5 Å². The second-order valence-electron chi connectivity index (χ2n) is 7.55. The summed E-state index contributed by atoms with van der Waals surface area (Å²) in [5, 5.41) is 11.6. The number of aromatic nitrogens is 2. The molecule has 1 aromatic heterocycles. The fourth-order valence-corrected chi connectivity index (χ4v) is 3.85. The standard InChI is InChI=1S/C22H25N3O3/c1-28-18-6-4-5-17(13-18)14-24-11-9-22(27,10-12-24)15-25-16-23-20-8-3-2-7-19(20)21(25)26/h2-8,13,16,27H,9-12,14-15H2,1H3. The van der Waals surface area contributed by atoms with Crippen molar-refractivity contribution in [1.29, 1.82) is 0 Å². The molecule has 3 aromatic rings. The quantitative estimate of drug-likeness (QED) is 0.738. The van der Waals surface area contributed by atoms with Crippen molar-refractivity contribution in [1.82, 2.24) is 14.5 Å². The maximum absolute atomic E-state index is 12.7. The van der Waals surface area contributed by atoms with Crippen LogP contribution in [0.5, 0.6) is 5.75 Å². The van der Waals surface area contributed by atoms with Crippen LogP contribution in [-0.2, 0) is 13.1 Å². The number of hydrogen-bond acceptors (Lipinski definition) is 5. The van der Waals surface area contributed by atoms with Gasteiger partial charge in [-0.1, -0.05) is 24.3 Å². The Bertz CT molecular complexity index is 1020. The minimum absolute atomic E-state index is 0.0992. The van der Waals surface area contributed by atoms with Crippen LogP contribution >= 0.6 is 0 Å². The number of rotatable bonds is 5. The second-order valence-corrected chi connectivity index (χ2v) is 7.55. The highest BCUT2D eigenvalue weighted by molar-refractivity contribution is 5.76. The van der Waals surface area contributed by atoms with E-state index in [-0.39, 0.29) is 12.1 Å². The zero-order chi connectivity index (χ0) is 19.6. The molecule has 6 nitrogen and oxygen atoms in total. The number of methoxy groups -OCH3 is 1. The minimum atomic E-state index is -0.890. The molecule has 0 aliphatic carbocycles. The third-order valence-electron chi connectivity index (χ3n) is 5.52. The Labute approximate surface area is 164 Å². The van der Waals surface area contributed by atoms with Crippen molar-refractivity contribution >= 4 is 10.9 Å². The zero-order valence-corrected chi connectivity index (χ0v) is 16.0. The number of fused-ring (bicyclic) bond motifs is 1. The van der Waals surface area contributed by atoms with Gasteiger partial charge in [0.25, 0.3) is 5.56 Å². The largest absolute Gasteiger partial charge is 0.497 e. The molecule has 0 atom stereocenters. The van der Waals surface area contributed by atoms with Gasteiger partial charge in [0.1, 0.15) is 5.75 Å². The van der Waals surface area contributed by atoms with Crippen LogP contribution in [0, 0.1) is 0 Å². The summed E-state index contributed by atoms with van der Waals surface area (Å²) in [6, 6.07) is 15.4. The topological polar surface area (TPSA) is 67.6 Å². The van der Waals surface area contributed by atoms with E-state index in [0.29, 0.717) is 23.7 Å². The SMILES string of the molecule is COc1cccc(CN2CCC(O)(Cn3cnc4ccccc4c3=O)CC2)c1. The molecular formula is C22H25N3O3. The van der Waals surface area contributed by atoms with E-state index in [1.54, 1.807) is 24.1 Å². The number of hydrogen-bond donors (Lipinski definition) is 1. The van der Waals surface area contributed by atoms with Gasteiger partial charge >= 0.3 is 0 Å². The first kappa shape index (κ1) is 18.7. The number of nitrogens with zero attached hydrogens (tertiary/aromatic N) is 3. The molecule has 4 rings (SSSR count). The van der Waals surface area contributed by atoms with Crippen molar-refractivity contribution < 1.29 is 9.84 Å². The van der Waals surface area contributed by atoms with Crippen LogP contribution in [0.4, 0.5) is 0 Å². The zero-order valence-electron chi connectivity index (χ0n) is 16.0. The van der Waals surface area contributed by atoms with Crippen LogP contribution in [0.1, 0.15) is 18.4 Å². The van der Waals surface area contributed by atoms with Crippen molar-refractivity contribution in [2.24, 2.45) is 0 Å². The summed E-state index contributed by atoms with van der Waals surface area (Å²) < 4.78 is 6.83. The van der Waals surface area contributed by atoms with Gasteiger partial charge in [-0.2, -0.15) is 0 Å². The maximum atomic E-state index is 12.7. The van der Waals surface area contributed by atoms with E-state index in [9.17, 15) is 9.90 Å². The van der Waals surface area contributed by atoms with Crippen LogP contribution < -0.4 is 10.3 Å². The predicted octanol–water partition coefficient (Wildman–Crippen LogP) is 2.43. The van der Waals surface area contributed by atoms with Crippen LogP contribution in [0.15, 0.2) is 59.7 Å². The number of ether oxygens (including phenoxy) is 1. The average Bonchev–Trinajstić information content (AvgIpc) is 2.72. The third kappa shape index (κ3) is 3.93. The molecule has 146 valence electrons. The summed E-state index contributed by atoms with van der Waals surface area (Å²) in [6.45, 7) is 2.66. The Morgan fingerprint density at radius 3 is 2.71 bits per heavy atom. The summed E-state index contributed by atoms with van der Waals surface area (Å²) >= 11 is 0. The van der Waals surface area contributed by atoms with E-state index in [1.807, 2.05) is 36.4 Å². The number of para-hydroxylation sites is 1. The molecule has 1 aliphatic rings. The van der Waals surface area contributed by atoms with Gasteiger partial charge in [0.15, 0.2) is 0 Å². The molecule has 28 heavy (non-hydrogen) atoms. The van der Waals surface area contributed by atoms with Crippen molar-refractivity contribution in [3.05, 3.63) is 70.8 Å². The molecular weight excluding hydrogens is 354 g/mol. The van der Waals surface area contributed by atoms with E-state index in [1.165, 1.54) is 5.56 Å². The molecule has 1 N–H and O–H groups in total. The summed E-state index contributed by atoms with van der Waals surface area (Å²) in [5.41, 5.74) is 0.889. The molecule has 6 heteroatoms. The van der Waals surface area contributed by atoms with Crippen molar-refractivity contribution in [2.75, 3.05) is 20.2 Å². The van der Waals surface area contributed by atoms with Gasteiger partial charge in [0, 0.05) is 19.6 Å². The fraction of sp³-hybridized carbons (Fsp3) is 0.364. The van der Waals surface area contributed by atoms with Crippen molar-refractivity contribution in [3.63, 3.8) is 0 Å². The van der Waals surface area contributed by atoms with Gasteiger partial charge in [-0.15, -0.1) is 0 Å². The van der Waals surface area contributed by atoms with Crippen LogP contribution in [0.2, 0.25) is 0 Å². The van der Waals surface area contributed by atoms with E-state index in [4.69, 9.17) is 4.74 Å². The Balaban J connectivity index is 1.42. The molecule has 0 amide bonds. The number of piperidine rings is 1. The molecule has 0 spiro atoms. The van der Waals surface area contributed by atoms with Gasteiger partial charge in [0.05, 0.1) is 36.5 Å². The van der Waals surface area contributed by atoms with Gasteiger partial charge in [0.2, 0.25) is 0 Å². The second kappa shape index (κ2) is 7.73. The number of likely N-dealkylation sites (tertiary alicyclic amines) is 1. The lowest BCUT2D eigenvalue weighted by atomic mass is 9.91. The number of benzene rings is 2. The van der Waals surface area contributed by atoms with Gasteiger partial charge in [-0.05, 0) is 42.7 Å². The molecule has 0 unspecified atom stereocenters. The normalized spacial score (nSPS) is 16.9. The van der Waals surface area contributed by atoms with Gasteiger partial charge < -0.3 is 9.84 Å². The van der Waals surface area contributed by atoms with Crippen LogP contribution in [0.3, 0.4) is 0 Å². The Morgan fingerprint density at radius 1 is 1.14 bits per heavy atom. The maximum Gasteiger partial charge on any atom is 0.261 e. The average molecular weight is 379 g/mol. The lowest BCUT2D eigenvalue weighted by Crippen LogP contribution is -2.47. The van der Waals surface area contributed by atoms with Crippen molar-refractivity contribution in [3.8, 4) is 5.75 Å². The molecule has 1 aliphatic heterocycles.